The maximum atomic E-state index is 13.4. The van der Waals surface area contributed by atoms with Crippen LogP contribution in [0.4, 0.5) is 0 Å². The molecule has 0 aromatic rings. The molecule has 0 bridgehead atoms. The van der Waals surface area contributed by atoms with Gasteiger partial charge in [0.1, 0.15) is 24.4 Å². The lowest BCUT2D eigenvalue weighted by Gasteiger charge is -2.41. The third-order valence-electron chi connectivity index (χ3n) is 14.3. The molecule has 11 heteroatoms. The maximum Gasteiger partial charge on any atom is 0.306 e. The summed E-state index contributed by atoms with van der Waals surface area (Å²) in [4.78, 5) is 26.5. The normalized spacial score (nSPS) is 19.6. The highest BCUT2D eigenvalue weighted by atomic mass is 16.7. The molecular formula is C66H115NO10. The molecule has 8 atom stereocenters. The van der Waals surface area contributed by atoms with Crippen LogP contribution in [-0.2, 0) is 23.8 Å². The van der Waals surface area contributed by atoms with Gasteiger partial charge in [-0.3, -0.25) is 9.59 Å². The molecule has 1 saturated heterocycles. The summed E-state index contributed by atoms with van der Waals surface area (Å²) in [6.07, 6.45) is 59.1. The number of carbonyl (C=O) groups is 2. The van der Waals surface area contributed by atoms with Gasteiger partial charge in [-0.05, 0) is 77.0 Å². The van der Waals surface area contributed by atoms with Crippen LogP contribution < -0.4 is 5.32 Å². The van der Waals surface area contributed by atoms with Crippen molar-refractivity contribution in [2.24, 2.45) is 0 Å². The number of allylic oxidation sites excluding steroid dienone is 13. The van der Waals surface area contributed by atoms with E-state index >= 15 is 0 Å². The number of hydrogen-bond donors (Lipinski definition) is 6. The van der Waals surface area contributed by atoms with Gasteiger partial charge in [-0.25, -0.2) is 0 Å². The summed E-state index contributed by atoms with van der Waals surface area (Å²) in [5.74, 6) is -1.22. The molecule has 1 aliphatic rings. The average Bonchev–Trinajstić information content (AvgIpc) is 3.43. The largest absolute Gasteiger partial charge is 0.454 e. The van der Waals surface area contributed by atoms with Gasteiger partial charge in [-0.1, -0.05) is 260 Å². The van der Waals surface area contributed by atoms with Gasteiger partial charge in [0.2, 0.25) is 5.91 Å². The van der Waals surface area contributed by atoms with E-state index in [1.54, 1.807) is 6.08 Å². The molecule has 0 radical (unpaired) electrons. The number of ether oxygens (including phenoxy) is 3. The Morgan fingerprint density at radius 2 is 0.935 bits per heavy atom. The van der Waals surface area contributed by atoms with E-state index in [1.807, 2.05) is 6.08 Å². The van der Waals surface area contributed by atoms with Crippen molar-refractivity contribution in [1.29, 1.82) is 0 Å². The number of rotatable bonds is 52. The van der Waals surface area contributed by atoms with E-state index in [2.05, 4.69) is 99.0 Å². The summed E-state index contributed by atoms with van der Waals surface area (Å²) < 4.78 is 17.6. The molecular weight excluding hydrogens is 967 g/mol. The first-order valence-electron chi connectivity index (χ1n) is 31.4. The lowest BCUT2D eigenvalue weighted by molar-refractivity contribution is -0.305. The topological polar surface area (TPSA) is 175 Å². The molecule has 444 valence electrons. The lowest BCUT2D eigenvalue weighted by atomic mass is 9.99. The van der Waals surface area contributed by atoms with Crippen molar-refractivity contribution in [2.75, 3.05) is 13.2 Å². The molecule has 0 aromatic heterocycles. The van der Waals surface area contributed by atoms with Gasteiger partial charge in [0.15, 0.2) is 12.4 Å². The Labute approximate surface area is 470 Å². The molecule has 0 saturated carbocycles. The fourth-order valence-electron chi connectivity index (χ4n) is 9.36. The highest BCUT2D eigenvalue weighted by molar-refractivity contribution is 5.80. The van der Waals surface area contributed by atoms with Crippen LogP contribution in [0.3, 0.4) is 0 Å². The van der Waals surface area contributed by atoms with Crippen LogP contribution >= 0.6 is 0 Å². The first kappa shape index (κ1) is 71.9. The Morgan fingerprint density at radius 1 is 0.519 bits per heavy atom. The number of unbranched alkanes of at least 4 members (excludes halogenated alkanes) is 26. The summed E-state index contributed by atoms with van der Waals surface area (Å²) in [7, 11) is 0. The first-order chi connectivity index (χ1) is 37.7. The van der Waals surface area contributed by atoms with Crippen molar-refractivity contribution in [3.05, 3.63) is 85.1 Å². The Hall–Kier alpha value is -3.16. The summed E-state index contributed by atoms with van der Waals surface area (Å²) in [5, 5.41) is 56.9. The van der Waals surface area contributed by atoms with Crippen LogP contribution in [0.1, 0.15) is 258 Å². The van der Waals surface area contributed by atoms with Crippen molar-refractivity contribution in [2.45, 2.75) is 307 Å². The van der Waals surface area contributed by atoms with Gasteiger partial charge in [-0.15, -0.1) is 0 Å². The fraction of sp³-hybridized carbons (Fsp3) is 0.758. The molecule has 77 heavy (non-hydrogen) atoms. The molecule has 0 aromatic carbocycles. The van der Waals surface area contributed by atoms with E-state index in [1.165, 1.54) is 109 Å². The Balaban J connectivity index is 2.68. The number of esters is 1. The van der Waals surface area contributed by atoms with Crippen molar-refractivity contribution >= 4 is 11.9 Å². The molecule has 1 fully saturated rings. The third kappa shape index (κ3) is 41.5. The van der Waals surface area contributed by atoms with Gasteiger partial charge < -0.3 is 45.1 Å². The molecule has 11 nitrogen and oxygen atoms in total. The summed E-state index contributed by atoms with van der Waals surface area (Å²) >= 11 is 0. The van der Waals surface area contributed by atoms with Crippen molar-refractivity contribution in [3.8, 4) is 0 Å². The van der Waals surface area contributed by atoms with Crippen molar-refractivity contribution < 1.29 is 49.3 Å². The predicted octanol–water partition coefficient (Wildman–Crippen LogP) is 14.9. The predicted molar refractivity (Wildman–Crippen MR) is 319 cm³/mol. The van der Waals surface area contributed by atoms with Crippen LogP contribution in [-0.4, -0.2) is 99.6 Å². The van der Waals surface area contributed by atoms with Crippen LogP contribution in [0, 0.1) is 0 Å². The third-order valence-corrected chi connectivity index (χ3v) is 14.3. The van der Waals surface area contributed by atoms with Gasteiger partial charge in [0, 0.05) is 6.42 Å². The second kappa shape index (κ2) is 53.5. The Bertz CT molecular complexity index is 1570. The highest BCUT2D eigenvalue weighted by Gasteiger charge is 2.47. The number of aliphatic hydroxyl groups is 5. The number of carbonyl (C=O) groups excluding carboxylic acids is 2. The lowest BCUT2D eigenvalue weighted by Crippen LogP contribution is -2.61. The molecule has 1 aliphatic heterocycles. The van der Waals surface area contributed by atoms with Gasteiger partial charge in [-0.2, -0.15) is 0 Å². The van der Waals surface area contributed by atoms with Crippen LogP contribution in [0.25, 0.3) is 0 Å². The zero-order valence-corrected chi connectivity index (χ0v) is 49.1. The molecule has 0 spiro atoms. The average molecular weight is 1080 g/mol. The number of nitrogens with one attached hydrogen (secondary N) is 1. The molecule has 1 amide bonds. The molecule has 6 N–H and O–H groups in total. The highest BCUT2D eigenvalue weighted by Crippen LogP contribution is 2.26. The fourth-order valence-corrected chi connectivity index (χ4v) is 9.36. The smallest absolute Gasteiger partial charge is 0.306 e. The minimum atomic E-state index is -1.62. The van der Waals surface area contributed by atoms with Crippen molar-refractivity contribution in [3.63, 3.8) is 0 Å². The summed E-state index contributed by atoms with van der Waals surface area (Å²) in [6.45, 7) is 5.65. The number of hydrogen-bond acceptors (Lipinski definition) is 10. The van der Waals surface area contributed by atoms with E-state index in [0.717, 1.165) is 103 Å². The zero-order valence-electron chi connectivity index (χ0n) is 49.1. The Morgan fingerprint density at radius 3 is 1.40 bits per heavy atom. The molecule has 1 rings (SSSR count). The van der Waals surface area contributed by atoms with E-state index in [0.29, 0.717) is 12.8 Å². The van der Waals surface area contributed by atoms with Gasteiger partial charge >= 0.3 is 5.97 Å². The van der Waals surface area contributed by atoms with E-state index in [-0.39, 0.29) is 19.4 Å². The van der Waals surface area contributed by atoms with Crippen LogP contribution in [0.5, 0.6) is 0 Å². The first-order valence-corrected chi connectivity index (χ1v) is 31.4. The second-order valence-corrected chi connectivity index (χ2v) is 21.4. The van der Waals surface area contributed by atoms with Gasteiger partial charge in [0.25, 0.3) is 0 Å². The van der Waals surface area contributed by atoms with Crippen LogP contribution in [0.15, 0.2) is 85.1 Å². The maximum absolute atomic E-state index is 13.4. The number of aliphatic hydroxyl groups excluding tert-OH is 5. The van der Waals surface area contributed by atoms with E-state index in [9.17, 15) is 35.1 Å². The molecule has 1 heterocycles. The van der Waals surface area contributed by atoms with E-state index < -0.39 is 67.4 Å². The summed E-state index contributed by atoms with van der Waals surface area (Å²) in [5.41, 5.74) is 0. The number of amides is 1. The second-order valence-electron chi connectivity index (χ2n) is 21.4. The SMILES string of the molecule is CC/C=C\C/C=C\C/C=C\C/C=C\C/C=C\C/C=C\CCCCCC(O)C(=O)NC(COC1OC(CO)C(O)C(O)C1OC(=O)CCCCCCCCCCCCCCCCC)C(O)/C=C/CCCCCCCCCCC. The van der Waals surface area contributed by atoms with E-state index in [4.69, 9.17) is 14.2 Å². The summed E-state index contributed by atoms with van der Waals surface area (Å²) in [6, 6.07) is -1.04. The molecule has 8 unspecified atom stereocenters. The minimum Gasteiger partial charge on any atom is -0.454 e. The van der Waals surface area contributed by atoms with Gasteiger partial charge in [0.05, 0.1) is 25.4 Å². The minimum absolute atomic E-state index is 0.120. The Kier molecular flexibility index (Phi) is 49.9. The monoisotopic (exact) mass is 1080 g/mol. The van der Waals surface area contributed by atoms with Crippen molar-refractivity contribution in [1.82, 2.24) is 5.32 Å². The molecule has 0 aliphatic carbocycles. The van der Waals surface area contributed by atoms with Crippen LogP contribution in [0.2, 0.25) is 0 Å². The quantitative estimate of drug-likeness (QED) is 0.0195. The zero-order chi connectivity index (χ0) is 56.1. The standard InChI is InChI=1S/C66H115NO10/c1-4-7-10-13-16-19-22-24-26-27-28-29-30-31-32-34-35-38-41-44-47-50-53-59(70)65(74)67-57(58(69)52-49-46-43-40-37-21-18-15-12-9-6-3)56-75-66-64(63(73)62(72)60(55-68)76-66)77-61(71)54-51-48-45-42-39-36-33-25-23-20-17-14-11-8-5-2/h7,10,16,19,24,26,28-29,31-32,35,38,49,52,57-60,62-64,66,68-70,72-73H,4-6,8-9,11-15,17-18,20-23,25,27,30,33-34,36-37,39-48,50-51,53-56H2,1-3H3,(H,67,74)/b10-7-,19-16-,26-24-,29-28-,32-31-,38-35-,52-49+.